The third kappa shape index (κ3) is 3.74. The largest absolute Gasteiger partial charge is 0.354 e. The van der Waals surface area contributed by atoms with E-state index < -0.39 is 0 Å². The lowest BCUT2D eigenvalue weighted by Crippen LogP contribution is -2.06. The highest BCUT2D eigenvalue weighted by molar-refractivity contribution is 9.10. The van der Waals surface area contributed by atoms with E-state index in [1.54, 1.807) is 12.1 Å². The van der Waals surface area contributed by atoms with Crippen LogP contribution in [0.2, 0.25) is 5.28 Å². The fourth-order valence-electron chi connectivity index (χ4n) is 1.35. The van der Waals surface area contributed by atoms with Crippen LogP contribution < -0.4 is 10.6 Å². The Balaban J connectivity index is 2.24. The summed E-state index contributed by atoms with van der Waals surface area (Å²) in [6.07, 6.45) is 0. The van der Waals surface area contributed by atoms with Gasteiger partial charge in [-0.2, -0.15) is 15.0 Å². The molecule has 100 valence electrons. The van der Waals surface area contributed by atoms with Gasteiger partial charge in [-0.15, -0.1) is 0 Å². The highest BCUT2D eigenvalue weighted by atomic mass is 79.9. The van der Waals surface area contributed by atoms with E-state index in [1.807, 2.05) is 6.92 Å². The van der Waals surface area contributed by atoms with Gasteiger partial charge >= 0.3 is 0 Å². The first-order chi connectivity index (χ1) is 9.08. The molecule has 1 aromatic carbocycles. The highest BCUT2D eigenvalue weighted by Crippen LogP contribution is 2.22. The average Bonchev–Trinajstić information content (AvgIpc) is 2.33. The van der Waals surface area contributed by atoms with Gasteiger partial charge in [0, 0.05) is 12.2 Å². The van der Waals surface area contributed by atoms with E-state index in [-0.39, 0.29) is 17.0 Å². The van der Waals surface area contributed by atoms with Crippen LogP contribution in [0.3, 0.4) is 0 Å². The van der Waals surface area contributed by atoms with Crippen LogP contribution in [0.15, 0.2) is 22.7 Å². The molecular formula is C11H10BrClFN5. The quantitative estimate of drug-likeness (QED) is 0.885. The van der Waals surface area contributed by atoms with Crippen LogP contribution in [0, 0.1) is 5.82 Å². The van der Waals surface area contributed by atoms with Crippen molar-refractivity contribution in [2.45, 2.75) is 6.92 Å². The number of benzene rings is 1. The van der Waals surface area contributed by atoms with Crippen molar-refractivity contribution in [2.24, 2.45) is 0 Å². The van der Waals surface area contributed by atoms with E-state index in [1.165, 1.54) is 6.07 Å². The predicted octanol–water partition coefficient (Wildman–Crippen LogP) is 3.60. The van der Waals surface area contributed by atoms with E-state index >= 15 is 0 Å². The van der Waals surface area contributed by atoms with Crippen molar-refractivity contribution in [1.29, 1.82) is 0 Å². The topological polar surface area (TPSA) is 62.7 Å². The second-order valence-electron chi connectivity index (χ2n) is 3.54. The van der Waals surface area contributed by atoms with Crippen molar-refractivity contribution in [3.8, 4) is 0 Å². The summed E-state index contributed by atoms with van der Waals surface area (Å²) in [4.78, 5) is 12.0. The molecule has 0 amide bonds. The smallest absolute Gasteiger partial charge is 0.233 e. The summed E-state index contributed by atoms with van der Waals surface area (Å²) >= 11 is 8.90. The molecule has 0 unspecified atom stereocenters. The van der Waals surface area contributed by atoms with Gasteiger partial charge in [0.15, 0.2) is 0 Å². The Morgan fingerprint density at radius 3 is 2.68 bits per heavy atom. The standard InChI is InChI=1S/C11H10BrClFN5/c1-2-15-10-17-9(13)18-11(19-10)16-6-3-4-8(14)7(12)5-6/h3-5H,2H2,1H3,(H2,15,16,17,18,19). The van der Waals surface area contributed by atoms with Crippen LogP contribution in [-0.2, 0) is 0 Å². The minimum absolute atomic E-state index is 0.0784. The van der Waals surface area contributed by atoms with Crippen molar-refractivity contribution in [3.63, 3.8) is 0 Å². The molecule has 0 aliphatic carbocycles. The maximum absolute atomic E-state index is 13.1. The summed E-state index contributed by atoms with van der Waals surface area (Å²) in [5.74, 6) is 0.327. The van der Waals surface area contributed by atoms with Gasteiger partial charge < -0.3 is 10.6 Å². The number of nitrogens with zero attached hydrogens (tertiary/aromatic N) is 3. The molecule has 1 heterocycles. The molecule has 2 N–H and O–H groups in total. The molecule has 0 saturated carbocycles. The Bertz CT molecular complexity index is 595. The normalized spacial score (nSPS) is 10.3. The first-order valence-corrected chi connectivity index (χ1v) is 6.63. The Hall–Kier alpha value is -1.47. The molecule has 19 heavy (non-hydrogen) atoms. The summed E-state index contributed by atoms with van der Waals surface area (Å²) < 4.78 is 13.5. The molecule has 0 saturated heterocycles. The summed E-state index contributed by atoms with van der Waals surface area (Å²) in [5, 5.41) is 5.95. The van der Waals surface area contributed by atoms with E-state index in [9.17, 15) is 4.39 Å². The Morgan fingerprint density at radius 1 is 1.26 bits per heavy atom. The molecular weight excluding hydrogens is 337 g/mol. The van der Waals surface area contributed by atoms with Gasteiger partial charge in [-0.1, -0.05) is 0 Å². The van der Waals surface area contributed by atoms with Gasteiger partial charge in [0.2, 0.25) is 17.2 Å². The third-order valence-electron chi connectivity index (χ3n) is 2.12. The zero-order valence-corrected chi connectivity index (χ0v) is 12.3. The zero-order valence-electron chi connectivity index (χ0n) is 9.91. The molecule has 0 spiro atoms. The predicted molar refractivity (Wildman–Crippen MR) is 76.4 cm³/mol. The molecule has 2 aromatic rings. The number of hydrogen-bond donors (Lipinski definition) is 2. The van der Waals surface area contributed by atoms with Gasteiger partial charge in [0.05, 0.1) is 4.47 Å². The van der Waals surface area contributed by atoms with Crippen molar-refractivity contribution < 1.29 is 4.39 Å². The van der Waals surface area contributed by atoms with Gasteiger partial charge in [0.25, 0.3) is 0 Å². The number of rotatable bonds is 4. The molecule has 2 rings (SSSR count). The number of halogens is 3. The average molecular weight is 347 g/mol. The molecule has 5 nitrogen and oxygen atoms in total. The van der Waals surface area contributed by atoms with Crippen LogP contribution in [0.1, 0.15) is 6.92 Å². The monoisotopic (exact) mass is 345 g/mol. The Morgan fingerprint density at radius 2 is 2.00 bits per heavy atom. The molecule has 0 aliphatic rings. The first-order valence-electron chi connectivity index (χ1n) is 5.46. The van der Waals surface area contributed by atoms with Gasteiger partial charge in [-0.05, 0) is 52.7 Å². The molecule has 0 radical (unpaired) electrons. The minimum atomic E-state index is -0.340. The van der Waals surface area contributed by atoms with Gasteiger partial charge in [-0.25, -0.2) is 4.39 Å². The lowest BCUT2D eigenvalue weighted by molar-refractivity contribution is 0.621. The Kier molecular flexibility index (Phi) is 4.49. The van der Waals surface area contributed by atoms with Crippen molar-refractivity contribution in [1.82, 2.24) is 15.0 Å². The van der Waals surface area contributed by atoms with E-state index in [2.05, 4.69) is 41.5 Å². The molecule has 0 atom stereocenters. The molecule has 0 fully saturated rings. The van der Waals surface area contributed by atoms with Crippen LogP contribution in [0.25, 0.3) is 0 Å². The molecule has 1 aromatic heterocycles. The maximum atomic E-state index is 13.1. The number of hydrogen-bond acceptors (Lipinski definition) is 5. The third-order valence-corrected chi connectivity index (χ3v) is 2.90. The number of nitrogens with one attached hydrogen (secondary N) is 2. The van der Waals surface area contributed by atoms with Crippen LogP contribution >= 0.6 is 27.5 Å². The van der Waals surface area contributed by atoms with Gasteiger partial charge in [-0.3, -0.25) is 0 Å². The lowest BCUT2D eigenvalue weighted by Gasteiger charge is -2.07. The molecule has 0 bridgehead atoms. The SMILES string of the molecule is CCNc1nc(Cl)nc(Nc2ccc(F)c(Br)c2)n1. The zero-order chi connectivity index (χ0) is 13.8. The summed E-state index contributed by atoms with van der Waals surface area (Å²) in [6.45, 7) is 2.59. The number of aromatic nitrogens is 3. The van der Waals surface area contributed by atoms with Crippen molar-refractivity contribution >= 4 is 45.1 Å². The van der Waals surface area contributed by atoms with Crippen molar-refractivity contribution in [2.75, 3.05) is 17.2 Å². The fraction of sp³-hybridized carbons (Fsp3) is 0.182. The highest BCUT2D eigenvalue weighted by Gasteiger charge is 2.06. The summed E-state index contributed by atoms with van der Waals surface area (Å²) in [7, 11) is 0. The molecule has 0 aliphatic heterocycles. The van der Waals surface area contributed by atoms with Crippen LogP contribution in [0.5, 0.6) is 0 Å². The van der Waals surface area contributed by atoms with Crippen LogP contribution in [-0.4, -0.2) is 21.5 Å². The summed E-state index contributed by atoms with van der Waals surface area (Å²) in [6, 6.07) is 4.49. The second-order valence-corrected chi connectivity index (χ2v) is 4.73. The van der Waals surface area contributed by atoms with Gasteiger partial charge in [0.1, 0.15) is 5.82 Å². The summed E-state index contributed by atoms with van der Waals surface area (Å²) in [5.41, 5.74) is 0.637. The first kappa shape index (κ1) is 14.0. The fourth-order valence-corrected chi connectivity index (χ4v) is 1.89. The minimum Gasteiger partial charge on any atom is -0.354 e. The molecule has 8 heteroatoms. The van der Waals surface area contributed by atoms with E-state index in [4.69, 9.17) is 11.6 Å². The lowest BCUT2D eigenvalue weighted by atomic mass is 10.3. The maximum Gasteiger partial charge on any atom is 0.233 e. The second kappa shape index (κ2) is 6.12. The van der Waals surface area contributed by atoms with Crippen LogP contribution in [0.4, 0.5) is 22.0 Å². The number of anilines is 3. The Labute approximate surface area is 122 Å². The van der Waals surface area contributed by atoms with Crippen molar-refractivity contribution in [3.05, 3.63) is 33.8 Å². The van der Waals surface area contributed by atoms with E-state index in [0.717, 1.165) is 0 Å². The van der Waals surface area contributed by atoms with E-state index in [0.29, 0.717) is 22.7 Å².